The van der Waals surface area contributed by atoms with Crippen molar-refractivity contribution in [2.45, 2.75) is 25.8 Å². The Morgan fingerprint density at radius 3 is 2.84 bits per heavy atom. The van der Waals surface area contributed by atoms with Gasteiger partial charge in [-0.3, -0.25) is 5.43 Å². The van der Waals surface area contributed by atoms with Gasteiger partial charge in [0.25, 0.3) is 0 Å². The molecule has 5 nitrogen and oxygen atoms in total. The van der Waals surface area contributed by atoms with E-state index in [1.165, 1.54) is 5.56 Å². The maximum atomic E-state index is 5.76. The van der Waals surface area contributed by atoms with E-state index in [1.807, 2.05) is 19.1 Å². The molecule has 3 N–H and O–H groups in total. The lowest BCUT2D eigenvalue weighted by Crippen LogP contribution is -2.29. The first kappa shape index (κ1) is 18.1. The van der Waals surface area contributed by atoms with E-state index in [0.29, 0.717) is 5.92 Å². The number of furan rings is 1. The highest BCUT2D eigenvalue weighted by atomic mass is 16.5. The summed E-state index contributed by atoms with van der Waals surface area (Å²) in [7, 11) is 0. The van der Waals surface area contributed by atoms with Crippen LogP contribution in [0.2, 0.25) is 0 Å². The lowest BCUT2D eigenvalue weighted by molar-refractivity contribution is 0.134. The Bertz CT molecular complexity index is 614. The smallest absolute Gasteiger partial charge is 0.122 e. The van der Waals surface area contributed by atoms with Gasteiger partial charge in [-0.15, -0.1) is 0 Å². The Labute approximate surface area is 150 Å². The summed E-state index contributed by atoms with van der Waals surface area (Å²) in [6.07, 6.45) is 2.02. The van der Waals surface area contributed by atoms with Gasteiger partial charge in [0.05, 0.1) is 12.6 Å². The van der Waals surface area contributed by atoms with E-state index in [4.69, 9.17) is 9.15 Å². The maximum Gasteiger partial charge on any atom is 0.122 e. The fourth-order valence-corrected chi connectivity index (χ4v) is 3.17. The van der Waals surface area contributed by atoms with Crippen molar-refractivity contribution in [1.82, 2.24) is 16.2 Å². The molecule has 1 aromatic heterocycles. The molecule has 1 aliphatic heterocycles. The van der Waals surface area contributed by atoms with Crippen LogP contribution in [0.3, 0.4) is 0 Å². The van der Waals surface area contributed by atoms with Crippen LogP contribution in [0.15, 0.2) is 46.9 Å². The summed E-state index contributed by atoms with van der Waals surface area (Å²) in [4.78, 5) is 0. The Kier molecular flexibility index (Phi) is 7.06. The minimum absolute atomic E-state index is 0.239. The number of hydrogen-bond donors (Lipinski definition) is 3. The first-order valence-electron chi connectivity index (χ1n) is 9.20. The van der Waals surface area contributed by atoms with Crippen molar-refractivity contribution in [3.63, 3.8) is 0 Å². The number of nitrogens with one attached hydrogen (secondary N) is 3. The zero-order valence-electron chi connectivity index (χ0n) is 15.0. The molecule has 0 amide bonds. The van der Waals surface area contributed by atoms with Gasteiger partial charge in [-0.1, -0.05) is 30.3 Å². The summed E-state index contributed by atoms with van der Waals surface area (Å²) in [5.74, 6) is 2.46. The maximum absolute atomic E-state index is 5.76. The second kappa shape index (κ2) is 9.73. The van der Waals surface area contributed by atoms with Gasteiger partial charge in [0, 0.05) is 25.6 Å². The number of hydrazine groups is 1. The van der Waals surface area contributed by atoms with Crippen molar-refractivity contribution in [2.75, 3.05) is 32.8 Å². The molecule has 0 bridgehead atoms. The fraction of sp³-hybridized carbons (Fsp3) is 0.500. The van der Waals surface area contributed by atoms with Crippen molar-refractivity contribution in [3.8, 4) is 0 Å². The number of hydrogen-bond acceptors (Lipinski definition) is 5. The highest BCUT2D eigenvalue weighted by Gasteiger charge is 2.29. The molecule has 0 spiro atoms. The summed E-state index contributed by atoms with van der Waals surface area (Å²) < 4.78 is 11.5. The molecule has 2 aromatic rings. The molecule has 0 saturated carbocycles. The minimum Gasteiger partial charge on any atom is -0.465 e. The molecule has 5 heteroatoms. The van der Waals surface area contributed by atoms with Crippen LogP contribution in [-0.4, -0.2) is 32.8 Å². The molecule has 1 aromatic carbocycles. The van der Waals surface area contributed by atoms with Gasteiger partial charge in [0.15, 0.2) is 0 Å². The minimum atomic E-state index is 0.239. The lowest BCUT2D eigenvalue weighted by atomic mass is 10.00. The number of ether oxygens (including phenoxy) is 1. The molecule has 136 valence electrons. The first-order valence-corrected chi connectivity index (χ1v) is 9.20. The molecule has 3 rings (SSSR count). The fourth-order valence-electron chi connectivity index (χ4n) is 3.17. The highest BCUT2D eigenvalue weighted by Crippen LogP contribution is 2.25. The van der Waals surface area contributed by atoms with Crippen LogP contribution in [-0.2, 0) is 11.2 Å². The Morgan fingerprint density at radius 2 is 2.04 bits per heavy atom. The van der Waals surface area contributed by atoms with E-state index >= 15 is 0 Å². The van der Waals surface area contributed by atoms with Crippen molar-refractivity contribution in [2.24, 2.45) is 5.92 Å². The highest BCUT2D eigenvalue weighted by molar-refractivity contribution is 5.14. The van der Waals surface area contributed by atoms with E-state index in [2.05, 4.69) is 46.5 Å². The molecule has 25 heavy (non-hydrogen) atoms. The normalized spacial score (nSPS) is 20.2. The molecule has 2 heterocycles. The van der Waals surface area contributed by atoms with Crippen LogP contribution in [0.5, 0.6) is 0 Å². The first-order chi connectivity index (χ1) is 12.3. The van der Waals surface area contributed by atoms with Crippen LogP contribution < -0.4 is 16.2 Å². The average Bonchev–Trinajstić information content (AvgIpc) is 3.26. The van der Waals surface area contributed by atoms with Gasteiger partial charge in [-0.2, -0.15) is 0 Å². The van der Waals surface area contributed by atoms with Crippen molar-refractivity contribution >= 4 is 0 Å². The average molecular weight is 343 g/mol. The standard InChI is InChI=1S/C20H29N3O2/c1-16-8-9-19(25-16)20-18(15-22-23-20)14-21-11-5-12-24-13-10-17-6-3-2-4-7-17/h2-4,6-9,18,20-23H,5,10-15H2,1H3. The summed E-state index contributed by atoms with van der Waals surface area (Å²) in [5.41, 5.74) is 7.89. The van der Waals surface area contributed by atoms with Gasteiger partial charge in [0.1, 0.15) is 11.5 Å². The van der Waals surface area contributed by atoms with Gasteiger partial charge in [0.2, 0.25) is 0 Å². The largest absolute Gasteiger partial charge is 0.465 e. The van der Waals surface area contributed by atoms with Gasteiger partial charge >= 0.3 is 0 Å². The topological polar surface area (TPSA) is 58.5 Å². The van der Waals surface area contributed by atoms with E-state index in [1.54, 1.807) is 0 Å². The van der Waals surface area contributed by atoms with Crippen molar-refractivity contribution in [3.05, 3.63) is 59.5 Å². The number of aryl methyl sites for hydroxylation is 1. The van der Waals surface area contributed by atoms with Crippen LogP contribution >= 0.6 is 0 Å². The molecule has 2 unspecified atom stereocenters. The Balaban J connectivity index is 1.25. The number of rotatable bonds is 10. The summed E-state index contributed by atoms with van der Waals surface area (Å²) >= 11 is 0. The molecular weight excluding hydrogens is 314 g/mol. The Hall–Kier alpha value is -1.66. The molecular formula is C20H29N3O2. The van der Waals surface area contributed by atoms with Crippen LogP contribution in [0.25, 0.3) is 0 Å². The predicted octanol–water partition coefficient (Wildman–Crippen LogP) is 2.59. The van der Waals surface area contributed by atoms with E-state index in [0.717, 1.165) is 57.2 Å². The van der Waals surface area contributed by atoms with E-state index in [9.17, 15) is 0 Å². The molecule has 0 radical (unpaired) electrons. The van der Waals surface area contributed by atoms with Gasteiger partial charge in [-0.25, -0.2) is 5.43 Å². The zero-order chi connectivity index (χ0) is 17.3. The molecule has 1 fully saturated rings. The van der Waals surface area contributed by atoms with Crippen LogP contribution in [0.1, 0.15) is 29.5 Å². The second-order valence-corrected chi connectivity index (χ2v) is 6.62. The SMILES string of the molecule is Cc1ccc(C2NNCC2CNCCCOCCc2ccccc2)o1. The van der Waals surface area contributed by atoms with Gasteiger partial charge < -0.3 is 14.5 Å². The quantitative estimate of drug-likeness (QED) is 0.579. The summed E-state index contributed by atoms with van der Waals surface area (Å²) in [5, 5.41) is 3.54. The third-order valence-electron chi connectivity index (χ3n) is 4.59. The third-order valence-corrected chi connectivity index (χ3v) is 4.59. The van der Waals surface area contributed by atoms with Crippen molar-refractivity contribution in [1.29, 1.82) is 0 Å². The molecule has 1 saturated heterocycles. The predicted molar refractivity (Wildman–Crippen MR) is 99.3 cm³/mol. The van der Waals surface area contributed by atoms with Crippen molar-refractivity contribution < 1.29 is 9.15 Å². The van der Waals surface area contributed by atoms with Crippen LogP contribution in [0, 0.1) is 12.8 Å². The second-order valence-electron chi connectivity index (χ2n) is 6.62. The molecule has 2 atom stereocenters. The third kappa shape index (κ3) is 5.68. The monoisotopic (exact) mass is 343 g/mol. The number of benzene rings is 1. The summed E-state index contributed by atoms with van der Waals surface area (Å²) in [6.45, 7) is 6.48. The van der Waals surface area contributed by atoms with E-state index < -0.39 is 0 Å². The van der Waals surface area contributed by atoms with E-state index in [-0.39, 0.29) is 6.04 Å². The molecule has 0 aliphatic carbocycles. The lowest BCUT2D eigenvalue weighted by Gasteiger charge is -2.17. The zero-order valence-corrected chi connectivity index (χ0v) is 15.0. The van der Waals surface area contributed by atoms with Gasteiger partial charge in [-0.05, 0) is 44.0 Å². The Morgan fingerprint density at radius 1 is 1.16 bits per heavy atom. The molecule has 1 aliphatic rings. The summed E-state index contributed by atoms with van der Waals surface area (Å²) in [6, 6.07) is 14.8. The van der Waals surface area contributed by atoms with Crippen LogP contribution in [0.4, 0.5) is 0 Å².